The largest absolute Gasteiger partial charge is 0.354 e. The van der Waals surface area contributed by atoms with Crippen molar-refractivity contribution >= 4 is 11.8 Å². The second-order valence-corrected chi connectivity index (χ2v) is 5.30. The molecule has 0 saturated carbocycles. The lowest BCUT2D eigenvalue weighted by Crippen LogP contribution is -2.46. The van der Waals surface area contributed by atoms with Gasteiger partial charge >= 0.3 is 0 Å². The van der Waals surface area contributed by atoms with Gasteiger partial charge in [-0.25, -0.2) is 0 Å². The number of amides is 2. The normalized spacial score (nSPS) is 22.7. The summed E-state index contributed by atoms with van der Waals surface area (Å²) in [7, 11) is 0. The molecule has 0 bridgehead atoms. The van der Waals surface area contributed by atoms with Crippen LogP contribution in [0.5, 0.6) is 0 Å². The summed E-state index contributed by atoms with van der Waals surface area (Å²) >= 11 is 0. The van der Waals surface area contributed by atoms with Crippen molar-refractivity contribution < 1.29 is 9.59 Å². The highest BCUT2D eigenvalue weighted by Gasteiger charge is 2.30. The van der Waals surface area contributed by atoms with Gasteiger partial charge in [0.2, 0.25) is 11.8 Å². The van der Waals surface area contributed by atoms with Crippen LogP contribution in [0.25, 0.3) is 0 Å². The molecule has 0 aromatic heterocycles. The number of fused-ring (bicyclic) bond motifs is 1. The minimum absolute atomic E-state index is 0.00852. The number of carbonyl (C=O) groups excluding carboxylic acids is 2. The van der Waals surface area contributed by atoms with Crippen molar-refractivity contribution in [2.45, 2.75) is 18.9 Å². The number of carbonyl (C=O) groups is 2. The third-order valence-corrected chi connectivity index (χ3v) is 3.93. The van der Waals surface area contributed by atoms with Crippen molar-refractivity contribution in [3.8, 4) is 0 Å². The highest BCUT2D eigenvalue weighted by Crippen LogP contribution is 2.24. The fraction of sp³-hybridized carbons (Fsp3) is 0.467. The van der Waals surface area contributed by atoms with Gasteiger partial charge in [0.05, 0.1) is 6.54 Å². The molecule has 1 atom stereocenters. The number of nitrogens with zero attached hydrogens (tertiary/aromatic N) is 1. The molecule has 0 spiro atoms. The molecule has 3 rings (SSSR count). The fourth-order valence-electron chi connectivity index (χ4n) is 2.90. The molecule has 106 valence electrons. The van der Waals surface area contributed by atoms with Crippen LogP contribution in [0.15, 0.2) is 24.3 Å². The number of benzene rings is 1. The van der Waals surface area contributed by atoms with Gasteiger partial charge < -0.3 is 15.5 Å². The number of hydrogen-bond donors (Lipinski definition) is 2. The Kier molecular flexibility index (Phi) is 3.69. The molecular formula is C15H19N3O2. The van der Waals surface area contributed by atoms with Gasteiger partial charge in [-0.1, -0.05) is 24.3 Å². The van der Waals surface area contributed by atoms with Gasteiger partial charge in [-0.15, -0.1) is 0 Å². The minimum Gasteiger partial charge on any atom is -0.354 e. The van der Waals surface area contributed by atoms with Gasteiger partial charge in [0.15, 0.2) is 0 Å². The lowest BCUT2D eigenvalue weighted by Gasteiger charge is -2.30. The SMILES string of the molecule is O=C1CN(C(=O)C2NCCc3ccccc32)CCCN1. The maximum atomic E-state index is 12.7. The zero-order valence-corrected chi connectivity index (χ0v) is 11.4. The van der Waals surface area contributed by atoms with E-state index in [1.165, 1.54) is 5.56 Å². The summed E-state index contributed by atoms with van der Waals surface area (Å²) in [6, 6.07) is 7.73. The Hall–Kier alpha value is -1.88. The number of hydrogen-bond acceptors (Lipinski definition) is 3. The zero-order chi connectivity index (χ0) is 13.9. The Balaban J connectivity index is 1.82. The summed E-state index contributed by atoms with van der Waals surface area (Å²) in [5.74, 6) is -0.0610. The smallest absolute Gasteiger partial charge is 0.244 e. The van der Waals surface area contributed by atoms with Gasteiger partial charge in [0.1, 0.15) is 6.04 Å². The highest BCUT2D eigenvalue weighted by molar-refractivity contribution is 5.89. The lowest BCUT2D eigenvalue weighted by atomic mass is 9.93. The molecule has 2 heterocycles. The first-order valence-electron chi connectivity index (χ1n) is 7.12. The van der Waals surface area contributed by atoms with Crippen molar-refractivity contribution in [1.82, 2.24) is 15.5 Å². The van der Waals surface area contributed by atoms with Crippen LogP contribution in [-0.4, -0.2) is 42.9 Å². The molecule has 20 heavy (non-hydrogen) atoms. The monoisotopic (exact) mass is 273 g/mol. The van der Waals surface area contributed by atoms with Crippen LogP contribution < -0.4 is 10.6 Å². The van der Waals surface area contributed by atoms with Gasteiger partial charge in [-0.05, 0) is 24.0 Å². The van der Waals surface area contributed by atoms with E-state index in [-0.39, 0.29) is 24.4 Å². The van der Waals surface area contributed by atoms with E-state index in [9.17, 15) is 9.59 Å². The summed E-state index contributed by atoms with van der Waals surface area (Å²) in [5, 5.41) is 6.08. The first-order valence-corrected chi connectivity index (χ1v) is 7.12. The van der Waals surface area contributed by atoms with Gasteiger partial charge in [-0.3, -0.25) is 9.59 Å². The van der Waals surface area contributed by atoms with E-state index in [1.54, 1.807) is 4.90 Å². The van der Waals surface area contributed by atoms with E-state index in [0.717, 1.165) is 24.9 Å². The van der Waals surface area contributed by atoms with Crippen LogP contribution in [0.1, 0.15) is 23.6 Å². The second-order valence-electron chi connectivity index (χ2n) is 5.30. The van der Waals surface area contributed by atoms with E-state index in [4.69, 9.17) is 0 Å². The average Bonchev–Trinajstić information content (AvgIpc) is 2.70. The molecule has 2 aliphatic heterocycles. The first kappa shape index (κ1) is 13.1. The molecule has 0 aliphatic carbocycles. The van der Waals surface area contributed by atoms with E-state index >= 15 is 0 Å². The third kappa shape index (κ3) is 2.54. The van der Waals surface area contributed by atoms with Crippen LogP contribution in [0, 0.1) is 0 Å². The summed E-state index contributed by atoms with van der Waals surface area (Å²) in [4.78, 5) is 26.0. The molecule has 2 N–H and O–H groups in total. The zero-order valence-electron chi connectivity index (χ0n) is 11.4. The van der Waals surface area contributed by atoms with Crippen molar-refractivity contribution in [3.05, 3.63) is 35.4 Å². The maximum absolute atomic E-state index is 12.7. The average molecular weight is 273 g/mol. The van der Waals surface area contributed by atoms with Crippen molar-refractivity contribution in [1.29, 1.82) is 0 Å². The van der Waals surface area contributed by atoms with Crippen molar-refractivity contribution in [2.75, 3.05) is 26.2 Å². The molecule has 1 aromatic rings. The molecule has 2 aliphatic rings. The summed E-state index contributed by atoms with van der Waals surface area (Å²) < 4.78 is 0. The first-order chi connectivity index (χ1) is 9.75. The predicted molar refractivity (Wildman–Crippen MR) is 75.1 cm³/mol. The number of rotatable bonds is 1. The predicted octanol–water partition coefficient (Wildman–Crippen LogP) is 0.222. The van der Waals surface area contributed by atoms with Crippen molar-refractivity contribution in [3.63, 3.8) is 0 Å². The lowest BCUT2D eigenvalue weighted by molar-refractivity contribution is -0.137. The fourth-order valence-corrected chi connectivity index (χ4v) is 2.90. The van der Waals surface area contributed by atoms with Crippen LogP contribution in [0.2, 0.25) is 0 Å². The van der Waals surface area contributed by atoms with E-state index < -0.39 is 0 Å². The van der Waals surface area contributed by atoms with E-state index in [1.807, 2.05) is 18.2 Å². The second kappa shape index (κ2) is 5.63. The third-order valence-electron chi connectivity index (χ3n) is 3.93. The molecule has 1 fully saturated rings. The van der Waals surface area contributed by atoms with E-state index in [2.05, 4.69) is 16.7 Å². The molecule has 2 amide bonds. The summed E-state index contributed by atoms with van der Waals surface area (Å²) in [6.07, 6.45) is 1.76. The van der Waals surface area contributed by atoms with Gasteiger partial charge in [0.25, 0.3) is 0 Å². The van der Waals surface area contributed by atoms with Gasteiger partial charge in [0, 0.05) is 19.6 Å². The minimum atomic E-state index is -0.314. The quantitative estimate of drug-likeness (QED) is 0.769. The van der Waals surface area contributed by atoms with Crippen molar-refractivity contribution in [2.24, 2.45) is 0 Å². The van der Waals surface area contributed by atoms with Crippen LogP contribution in [0.4, 0.5) is 0 Å². The Morgan fingerprint density at radius 1 is 1.25 bits per heavy atom. The molecule has 0 radical (unpaired) electrons. The standard InChI is InChI=1S/C15H19N3O2/c19-13-10-18(9-3-7-16-13)15(20)14-12-5-2-1-4-11(12)6-8-17-14/h1-2,4-5,14,17H,3,6-10H2,(H,16,19). The number of nitrogens with one attached hydrogen (secondary N) is 2. The maximum Gasteiger partial charge on any atom is 0.244 e. The Morgan fingerprint density at radius 3 is 3.00 bits per heavy atom. The summed E-state index contributed by atoms with van der Waals surface area (Å²) in [5.41, 5.74) is 2.28. The Labute approximate surface area is 118 Å². The molecule has 1 aromatic carbocycles. The summed E-state index contributed by atoms with van der Waals surface area (Å²) in [6.45, 7) is 2.25. The van der Waals surface area contributed by atoms with Crippen LogP contribution >= 0.6 is 0 Å². The van der Waals surface area contributed by atoms with Crippen LogP contribution in [0.3, 0.4) is 0 Å². The van der Waals surface area contributed by atoms with Gasteiger partial charge in [-0.2, -0.15) is 0 Å². The van der Waals surface area contributed by atoms with E-state index in [0.29, 0.717) is 13.1 Å². The molecule has 5 heteroatoms. The topological polar surface area (TPSA) is 61.4 Å². The Bertz CT molecular complexity index is 530. The molecule has 5 nitrogen and oxygen atoms in total. The highest BCUT2D eigenvalue weighted by atomic mass is 16.2. The van der Waals surface area contributed by atoms with Crippen LogP contribution in [-0.2, 0) is 16.0 Å². The molecule has 1 unspecified atom stereocenters. The molecule has 1 saturated heterocycles. The Morgan fingerprint density at radius 2 is 2.10 bits per heavy atom. The molecular weight excluding hydrogens is 254 g/mol.